The van der Waals surface area contributed by atoms with E-state index in [1.165, 1.54) is 23.3 Å². The minimum atomic E-state index is -0.209. The van der Waals surface area contributed by atoms with Gasteiger partial charge < -0.3 is 5.32 Å². The minimum Gasteiger partial charge on any atom is -0.309 e. The van der Waals surface area contributed by atoms with Gasteiger partial charge in [-0.15, -0.1) is 0 Å². The van der Waals surface area contributed by atoms with E-state index in [2.05, 4.69) is 17.2 Å². The van der Waals surface area contributed by atoms with E-state index in [0.29, 0.717) is 0 Å². The molecule has 0 saturated carbocycles. The van der Waals surface area contributed by atoms with Crippen molar-refractivity contribution in [3.63, 3.8) is 0 Å². The second-order valence-electron chi connectivity index (χ2n) is 4.20. The Morgan fingerprint density at radius 3 is 2.56 bits per heavy atom. The molecule has 1 heterocycles. The van der Waals surface area contributed by atoms with Crippen molar-refractivity contribution in [2.75, 3.05) is 7.05 Å². The fourth-order valence-corrected chi connectivity index (χ4v) is 2.17. The molecule has 0 aliphatic heterocycles. The van der Waals surface area contributed by atoms with E-state index >= 15 is 0 Å². The molecule has 1 aromatic heterocycles. The summed E-state index contributed by atoms with van der Waals surface area (Å²) in [5, 5.41) is 3.28. The maximum Gasteiger partial charge on any atom is 0.123 e. The van der Waals surface area contributed by atoms with Gasteiger partial charge in [0.2, 0.25) is 0 Å². The number of aromatic nitrogens is 1. The van der Waals surface area contributed by atoms with Crippen LogP contribution in [0.2, 0.25) is 0 Å². The van der Waals surface area contributed by atoms with Crippen LogP contribution in [0.5, 0.6) is 0 Å². The molecule has 0 fully saturated rings. The molecule has 18 heavy (non-hydrogen) atoms. The molecule has 0 bridgehead atoms. The molecule has 0 radical (unpaired) electrons. The Balaban J connectivity index is 2.41. The third-order valence-corrected chi connectivity index (χ3v) is 3.13. The first-order chi connectivity index (χ1) is 8.76. The number of hydrogen-bond donors (Lipinski definition) is 1. The highest BCUT2D eigenvalue weighted by Gasteiger charge is 2.14. The van der Waals surface area contributed by atoms with Crippen LogP contribution in [0.1, 0.15) is 29.7 Å². The van der Waals surface area contributed by atoms with Crippen molar-refractivity contribution in [1.29, 1.82) is 0 Å². The van der Waals surface area contributed by atoms with Gasteiger partial charge in [-0.2, -0.15) is 0 Å². The van der Waals surface area contributed by atoms with Crippen molar-refractivity contribution in [3.8, 4) is 0 Å². The smallest absolute Gasteiger partial charge is 0.123 e. The van der Waals surface area contributed by atoms with Gasteiger partial charge in [0.1, 0.15) is 5.82 Å². The maximum absolute atomic E-state index is 13.0. The van der Waals surface area contributed by atoms with Gasteiger partial charge in [-0.05, 0) is 48.4 Å². The number of hydrogen-bond acceptors (Lipinski definition) is 2. The summed E-state index contributed by atoms with van der Waals surface area (Å²) < 4.78 is 13.0. The number of nitrogens with zero attached hydrogens (tertiary/aromatic N) is 1. The molecule has 1 N–H and O–H groups in total. The number of rotatable bonds is 4. The summed E-state index contributed by atoms with van der Waals surface area (Å²) in [5.41, 5.74) is 3.46. The molecule has 94 valence electrons. The Morgan fingerprint density at radius 1 is 1.22 bits per heavy atom. The highest BCUT2D eigenvalue weighted by atomic mass is 19.1. The molecule has 0 saturated heterocycles. The monoisotopic (exact) mass is 244 g/mol. The maximum atomic E-state index is 13.0. The molecular weight excluding hydrogens is 227 g/mol. The van der Waals surface area contributed by atoms with Gasteiger partial charge in [0.15, 0.2) is 0 Å². The molecule has 1 unspecified atom stereocenters. The fraction of sp³-hybridized carbons (Fsp3) is 0.267. The van der Waals surface area contributed by atoms with Crippen LogP contribution >= 0.6 is 0 Å². The minimum absolute atomic E-state index is 0.0727. The lowest BCUT2D eigenvalue weighted by molar-refractivity contribution is 0.623. The van der Waals surface area contributed by atoms with Gasteiger partial charge in [0, 0.05) is 12.4 Å². The first-order valence-corrected chi connectivity index (χ1v) is 6.11. The summed E-state index contributed by atoms with van der Waals surface area (Å²) in [7, 11) is 1.91. The second-order valence-corrected chi connectivity index (χ2v) is 4.20. The van der Waals surface area contributed by atoms with Gasteiger partial charge in [-0.25, -0.2) is 4.39 Å². The van der Waals surface area contributed by atoms with E-state index in [4.69, 9.17) is 0 Å². The zero-order valence-electron chi connectivity index (χ0n) is 10.7. The van der Waals surface area contributed by atoms with Crippen LogP contribution in [-0.4, -0.2) is 12.0 Å². The number of nitrogens with one attached hydrogen (secondary N) is 1. The number of halogens is 1. The Bertz CT molecular complexity index is 508. The Hall–Kier alpha value is -1.74. The van der Waals surface area contributed by atoms with E-state index in [0.717, 1.165) is 12.0 Å². The topological polar surface area (TPSA) is 24.9 Å². The van der Waals surface area contributed by atoms with Crippen LogP contribution in [0.3, 0.4) is 0 Å². The Labute approximate surface area is 107 Å². The normalized spacial score (nSPS) is 12.4. The van der Waals surface area contributed by atoms with Crippen LogP contribution < -0.4 is 5.32 Å². The summed E-state index contributed by atoms with van der Waals surface area (Å²) in [6.07, 6.45) is 4.62. The van der Waals surface area contributed by atoms with Crippen molar-refractivity contribution in [3.05, 3.63) is 65.2 Å². The molecule has 0 amide bonds. The molecule has 0 spiro atoms. The van der Waals surface area contributed by atoms with Crippen LogP contribution in [0.4, 0.5) is 4.39 Å². The largest absolute Gasteiger partial charge is 0.309 e. The van der Waals surface area contributed by atoms with E-state index in [9.17, 15) is 4.39 Å². The molecule has 2 aromatic rings. The van der Waals surface area contributed by atoms with E-state index < -0.39 is 0 Å². The van der Waals surface area contributed by atoms with E-state index in [1.54, 1.807) is 6.20 Å². The molecule has 0 aliphatic rings. The highest BCUT2D eigenvalue weighted by Crippen LogP contribution is 2.24. The predicted molar refractivity (Wildman–Crippen MR) is 70.9 cm³/mol. The zero-order chi connectivity index (χ0) is 13.0. The van der Waals surface area contributed by atoms with Crippen LogP contribution in [0.15, 0.2) is 42.7 Å². The number of pyridine rings is 1. The predicted octanol–water partition coefficient (Wildman–Crippen LogP) is 3.09. The number of benzene rings is 1. The fourth-order valence-electron chi connectivity index (χ4n) is 2.17. The molecular formula is C15H17FN2. The molecule has 0 aliphatic carbocycles. The summed E-state index contributed by atoms with van der Waals surface area (Å²) in [6.45, 7) is 2.11. The van der Waals surface area contributed by atoms with Gasteiger partial charge in [0.05, 0.1) is 6.04 Å². The third-order valence-electron chi connectivity index (χ3n) is 3.13. The van der Waals surface area contributed by atoms with Gasteiger partial charge in [0.25, 0.3) is 0 Å². The van der Waals surface area contributed by atoms with Gasteiger partial charge in [-0.1, -0.05) is 19.1 Å². The Morgan fingerprint density at radius 2 is 1.94 bits per heavy atom. The van der Waals surface area contributed by atoms with Gasteiger partial charge in [-0.3, -0.25) is 4.98 Å². The SMILES string of the molecule is CCc1cnccc1C(NC)c1ccc(F)cc1. The average molecular weight is 244 g/mol. The zero-order valence-corrected chi connectivity index (χ0v) is 10.7. The lowest BCUT2D eigenvalue weighted by Gasteiger charge is -2.19. The summed E-state index contributed by atoms with van der Waals surface area (Å²) in [4.78, 5) is 4.15. The van der Waals surface area contributed by atoms with E-state index in [1.807, 2.05) is 31.4 Å². The van der Waals surface area contributed by atoms with Crippen LogP contribution in [0.25, 0.3) is 0 Å². The summed E-state index contributed by atoms with van der Waals surface area (Å²) >= 11 is 0. The van der Waals surface area contributed by atoms with Crippen molar-refractivity contribution < 1.29 is 4.39 Å². The second kappa shape index (κ2) is 5.74. The molecule has 3 heteroatoms. The quantitative estimate of drug-likeness (QED) is 0.894. The van der Waals surface area contributed by atoms with Crippen LogP contribution in [0, 0.1) is 5.82 Å². The van der Waals surface area contributed by atoms with Crippen molar-refractivity contribution in [2.24, 2.45) is 0 Å². The van der Waals surface area contributed by atoms with Crippen LogP contribution in [-0.2, 0) is 6.42 Å². The lowest BCUT2D eigenvalue weighted by atomic mass is 9.95. The molecule has 1 atom stereocenters. The molecule has 1 aromatic carbocycles. The molecule has 2 nitrogen and oxygen atoms in total. The van der Waals surface area contributed by atoms with Crippen molar-refractivity contribution in [1.82, 2.24) is 10.3 Å². The lowest BCUT2D eigenvalue weighted by Crippen LogP contribution is -2.19. The average Bonchev–Trinajstić information content (AvgIpc) is 2.42. The first kappa shape index (κ1) is 12.7. The van der Waals surface area contributed by atoms with E-state index in [-0.39, 0.29) is 11.9 Å². The van der Waals surface area contributed by atoms with Gasteiger partial charge >= 0.3 is 0 Å². The summed E-state index contributed by atoms with van der Waals surface area (Å²) in [5.74, 6) is -0.209. The summed E-state index contributed by atoms with van der Waals surface area (Å²) in [6, 6.07) is 8.71. The van der Waals surface area contributed by atoms with Crippen molar-refractivity contribution >= 4 is 0 Å². The van der Waals surface area contributed by atoms with Crippen molar-refractivity contribution in [2.45, 2.75) is 19.4 Å². The highest BCUT2D eigenvalue weighted by molar-refractivity contribution is 5.35. The first-order valence-electron chi connectivity index (χ1n) is 6.11. The molecule has 2 rings (SSSR count). The third kappa shape index (κ3) is 2.57. The standard InChI is InChI=1S/C15H17FN2/c1-3-11-10-18-9-8-14(11)15(17-2)12-4-6-13(16)7-5-12/h4-10,15,17H,3H2,1-2H3. The number of aryl methyl sites for hydroxylation is 1. The Kier molecular flexibility index (Phi) is 4.05.